The van der Waals surface area contributed by atoms with Crippen LogP contribution in [0, 0.1) is 0 Å². The van der Waals surface area contributed by atoms with Crippen molar-refractivity contribution in [1.82, 2.24) is 0 Å². The summed E-state index contributed by atoms with van der Waals surface area (Å²) < 4.78 is 10.7. The molecule has 0 unspecified atom stereocenters. The van der Waals surface area contributed by atoms with Crippen LogP contribution in [0.3, 0.4) is 0 Å². The topological polar surface area (TPSA) is 18.5 Å². The second kappa shape index (κ2) is 14.5. The molecule has 0 heterocycles. The maximum Gasteiger partial charge on any atom is 0.130 e. The summed E-state index contributed by atoms with van der Waals surface area (Å²) in [6.45, 7) is 5.65. The molecule has 1 aromatic rings. The van der Waals surface area contributed by atoms with E-state index in [0.717, 1.165) is 34.0 Å². The third kappa shape index (κ3) is 8.31. The van der Waals surface area contributed by atoms with Gasteiger partial charge in [-0.05, 0) is 61.6 Å². The van der Waals surface area contributed by atoms with Crippen molar-refractivity contribution in [2.45, 2.75) is 82.4 Å². The van der Waals surface area contributed by atoms with Crippen LogP contribution in [0.25, 0.3) is 5.57 Å². The van der Waals surface area contributed by atoms with Crippen molar-refractivity contribution in [3.05, 3.63) is 54.6 Å². The lowest BCUT2D eigenvalue weighted by molar-refractivity contribution is 0.392. The number of hydrogen-bond donors (Lipinski definition) is 0. The van der Waals surface area contributed by atoms with E-state index in [4.69, 9.17) is 9.47 Å². The largest absolute Gasteiger partial charge is 0.496 e. The predicted octanol–water partition coefficient (Wildman–Crippen LogP) is 8.18. The molecule has 30 heavy (non-hydrogen) atoms. The van der Waals surface area contributed by atoms with Crippen LogP contribution in [0.1, 0.15) is 76.7 Å². The first-order valence-corrected chi connectivity index (χ1v) is 12.8. The first-order valence-electron chi connectivity index (χ1n) is 11.6. The van der Waals surface area contributed by atoms with Gasteiger partial charge in [0.15, 0.2) is 0 Å². The van der Waals surface area contributed by atoms with Gasteiger partial charge >= 0.3 is 0 Å². The zero-order chi connectivity index (χ0) is 21.6. The lowest BCUT2D eigenvalue weighted by atomic mass is 10.00. The molecule has 3 heteroatoms. The molecule has 2 fully saturated rings. The Balaban J connectivity index is 0.000000220. The van der Waals surface area contributed by atoms with Crippen molar-refractivity contribution < 1.29 is 9.47 Å². The number of ether oxygens (including phenoxy) is 2. The summed E-state index contributed by atoms with van der Waals surface area (Å²) in [5.74, 6) is 1.62. The highest BCUT2D eigenvalue weighted by atomic mass is 31.1. The predicted molar refractivity (Wildman–Crippen MR) is 135 cm³/mol. The van der Waals surface area contributed by atoms with E-state index in [2.05, 4.69) is 6.58 Å². The van der Waals surface area contributed by atoms with Gasteiger partial charge in [0, 0.05) is 0 Å². The Morgan fingerprint density at radius 3 is 1.80 bits per heavy atom. The summed E-state index contributed by atoms with van der Waals surface area (Å²) in [4.78, 5) is 0. The van der Waals surface area contributed by atoms with Crippen LogP contribution in [-0.2, 0) is 0 Å². The van der Waals surface area contributed by atoms with E-state index in [1.165, 1.54) is 47.1 Å². The number of benzene rings is 1. The molecule has 0 aliphatic heterocycles. The molecule has 0 amide bonds. The van der Waals surface area contributed by atoms with Crippen molar-refractivity contribution in [3.8, 4) is 11.5 Å². The third-order valence-electron chi connectivity index (χ3n) is 6.10. The summed E-state index contributed by atoms with van der Waals surface area (Å²) in [5.41, 5.74) is 4.36. The van der Waals surface area contributed by atoms with Gasteiger partial charge in [-0.25, -0.2) is 0 Å². The van der Waals surface area contributed by atoms with Crippen molar-refractivity contribution in [2.24, 2.45) is 0 Å². The lowest BCUT2D eigenvalue weighted by Gasteiger charge is -2.28. The summed E-state index contributed by atoms with van der Waals surface area (Å²) >= 11 is 0. The monoisotopic (exact) mass is 428 g/mol. The maximum absolute atomic E-state index is 5.35. The Kier molecular flexibility index (Phi) is 11.9. The van der Waals surface area contributed by atoms with E-state index in [1.54, 1.807) is 46.0 Å². The molecule has 0 spiro atoms. The molecule has 2 aliphatic rings. The van der Waals surface area contributed by atoms with Crippen LogP contribution in [0.15, 0.2) is 49.1 Å². The molecule has 0 atom stereocenters. The second-order valence-electron chi connectivity index (χ2n) is 8.34. The highest BCUT2D eigenvalue weighted by molar-refractivity contribution is 7.39. The quantitative estimate of drug-likeness (QED) is 0.322. The standard InChI is InChI=1S/C15H18O2.C12H23P/c1-5-6-7-9-12(2)15-13(16-3)10-8-11-14(15)17-4;1-3-7-11(8-4-1)13-12-9-5-2-6-10-12/h5-11H,1H2,2-4H3;11-13H,1-10H2/b7-6-,12-9+;. The van der Waals surface area contributed by atoms with Gasteiger partial charge in [0.25, 0.3) is 0 Å². The van der Waals surface area contributed by atoms with E-state index in [-0.39, 0.29) is 0 Å². The smallest absolute Gasteiger partial charge is 0.130 e. The molecule has 3 rings (SSSR count). The van der Waals surface area contributed by atoms with Crippen molar-refractivity contribution in [1.29, 1.82) is 0 Å². The minimum atomic E-state index is 0.810. The Bertz CT molecular complexity index is 642. The molecular weight excluding hydrogens is 387 g/mol. The number of rotatable bonds is 7. The lowest BCUT2D eigenvalue weighted by Crippen LogP contribution is -2.14. The molecular formula is C27H41O2P. The Labute approximate surface area is 186 Å². The summed E-state index contributed by atoms with van der Waals surface area (Å²) in [5, 5.41) is 0. The van der Waals surface area contributed by atoms with Crippen LogP contribution in [-0.4, -0.2) is 25.5 Å². The van der Waals surface area contributed by atoms with Gasteiger partial charge in [0.05, 0.1) is 19.8 Å². The van der Waals surface area contributed by atoms with Gasteiger partial charge in [-0.1, -0.05) is 75.5 Å². The molecule has 0 saturated heterocycles. The Hall–Kier alpha value is -1.53. The fourth-order valence-corrected chi connectivity index (χ4v) is 6.62. The fourth-order valence-electron chi connectivity index (χ4n) is 4.47. The minimum absolute atomic E-state index is 0.810. The van der Waals surface area contributed by atoms with E-state index in [1.807, 2.05) is 43.4 Å². The summed E-state index contributed by atoms with van der Waals surface area (Å²) in [7, 11) is 4.65. The molecule has 2 aliphatic carbocycles. The van der Waals surface area contributed by atoms with Gasteiger partial charge in [0.1, 0.15) is 11.5 Å². The fraction of sp³-hybridized carbons (Fsp3) is 0.556. The van der Waals surface area contributed by atoms with Crippen molar-refractivity contribution >= 4 is 14.2 Å². The maximum atomic E-state index is 5.35. The Morgan fingerprint density at radius 2 is 1.37 bits per heavy atom. The normalized spacial score (nSPS) is 18.6. The average molecular weight is 429 g/mol. The first-order chi connectivity index (χ1) is 14.7. The van der Waals surface area contributed by atoms with Crippen molar-refractivity contribution in [2.75, 3.05) is 14.2 Å². The van der Waals surface area contributed by atoms with Gasteiger partial charge in [-0.2, -0.15) is 0 Å². The van der Waals surface area contributed by atoms with Crippen molar-refractivity contribution in [3.63, 3.8) is 0 Å². The SMILES string of the molecule is C1CCC(PC2CCCCC2)CC1.C=C/C=C\C=C(/C)c1c(OC)cccc1OC. The van der Waals surface area contributed by atoms with Crippen LogP contribution in [0.4, 0.5) is 0 Å². The average Bonchev–Trinajstić information content (AvgIpc) is 2.80. The highest BCUT2D eigenvalue weighted by Crippen LogP contribution is 2.41. The first kappa shape index (κ1) is 24.7. The molecule has 166 valence electrons. The van der Waals surface area contributed by atoms with Gasteiger partial charge in [-0.3, -0.25) is 0 Å². The van der Waals surface area contributed by atoms with Crippen LogP contribution in [0.5, 0.6) is 11.5 Å². The van der Waals surface area contributed by atoms with E-state index >= 15 is 0 Å². The molecule has 0 aromatic heterocycles. The van der Waals surface area contributed by atoms with E-state index < -0.39 is 0 Å². The van der Waals surface area contributed by atoms with E-state index in [9.17, 15) is 0 Å². The molecule has 1 aromatic carbocycles. The molecule has 0 N–H and O–H groups in total. The van der Waals surface area contributed by atoms with E-state index in [0.29, 0.717) is 0 Å². The second-order valence-corrected chi connectivity index (χ2v) is 10.3. The number of hydrogen-bond acceptors (Lipinski definition) is 2. The zero-order valence-corrected chi connectivity index (χ0v) is 20.3. The minimum Gasteiger partial charge on any atom is -0.496 e. The van der Waals surface area contributed by atoms with Crippen LogP contribution >= 0.6 is 8.58 Å². The molecule has 2 nitrogen and oxygen atoms in total. The van der Waals surface area contributed by atoms with Gasteiger partial charge in [-0.15, -0.1) is 8.58 Å². The summed E-state index contributed by atoms with van der Waals surface area (Å²) in [6.07, 6.45) is 23.0. The highest BCUT2D eigenvalue weighted by Gasteiger charge is 2.20. The molecule has 2 saturated carbocycles. The molecule has 0 bridgehead atoms. The zero-order valence-electron chi connectivity index (χ0n) is 19.3. The van der Waals surface area contributed by atoms with Crippen LogP contribution < -0.4 is 9.47 Å². The number of methoxy groups -OCH3 is 2. The number of allylic oxidation sites excluding steroid dienone is 5. The molecule has 0 radical (unpaired) electrons. The van der Waals surface area contributed by atoms with Gasteiger partial charge in [0.2, 0.25) is 0 Å². The third-order valence-corrected chi connectivity index (χ3v) is 8.19. The van der Waals surface area contributed by atoms with Gasteiger partial charge < -0.3 is 9.47 Å². The Morgan fingerprint density at radius 1 is 0.867 bits per heavy atom. The van der Waals surface area contributed by atoms with Crippen LogP contribution in [0.2, 0.25) is 0 Å². The summed E-state index contributed by atoms with van der Waals surface area (Å²) in [6, 6.07) is 5.76.